The van der Waals surface area contributed by atoms with Gasteiger partial charge in [-0.3, -0.25) is 0 Å². The van der Waals surface area contributed by atoms with Crippen molar-refractivity contribution in [2.75, 3.05) is 20.6 Å². The first-order valence-electron chi connectivity index (χ1n) is 6.02. The van der Waals surface area contributed by atoms with Gasteiger partial charge < -0.3 is 10.2 Å². The molecule has 1 aliphatic rings. The van der Waals surface area contributed by atoms with Crippen LogP contribution in [0, 0.1) is 5.92 Å². The number of rotatable bonds is 5. The third kappa shape index (κ3) is 3.97. The predicted octanol–water partition coefficient (Wildman–Crippen LogP) is 2.10. The van der Waals surface area contributed by atoms with Crippen LogP contribution in [0.2, 0.25) is 0 Å². The molecule has 0 aromatic heterocycles. The van der Waals surface area contributed by atoms with Gasteiger partial charge in [0.15, 0.2) is 0 Å². The van der Waals surface area contributed by atoms with Crippen molar-refractivity contribution in [1.82, 2.24) is 10.2 Å². The lowest BCUT2D eigenvalue weighted by atomic mass is 10.1. The van der Waals surface area contributed by atoms with Crippen LogP contribution in [0.25, 0.3) is 0 Å². The van der Waals surface area contributed by atoms with E-state index in [1.807, 2.05) is 0 Å². The summed E-state index contributed by atoms with van der Waals surface area (Å²) in [7, 11) is 4.28. The topological polar surface area (TPSA) is 15.3 Å². The number of nitrogens with zero attached hydrogens (tertiary/aromatic N) is 1. The van der Waals surface area contributed by atoms with Crippen molar-refractivity contribution >= 4 is 0 Å². The molecule has 2 heteroatoms. The lowest BCUT2D eigenvalue weighted by Gasteiger charge is -2.22. The van der Waals surface area contributed by atoms with E-state index in [4.69, 9.17) is 0 Å². The average Bonchev–Trinajstić information content (AvgIpc) is 2.50. The Bertz CT molecular complexity index is 156. The number of nitrogens with one attached hydrogen (secondary N) is 1. The first-order valence-corrected chi connectivity index (χ1v) is 6.02. The number of hydrogen-bond acceptors (Lipinski definition) is 2. The van der Waals surface area contributed by atoms with Gasteiger partial charge >= 0.3 is 0 Å². The summed E-state index contributed by atoms with van der Waals surface area (Å²) in [5.41, 5.74) is 0. The van der Waals surface area contributed by atoms with Gasteiger partial charge in [0.2, 0.25) is 0 Å². The Hall–Kier alpha value is -0.0800. The van der Waals surface area contributed by atoms with Crippen molar-refractivity contribution in [2.45, 2.75) is 51.6 Å². The van der Waals surface area contributed by atoms with Crippen LogP contribution in [0.15, 0.2) is 0 Å². The fourth-order valence-corrected chi connectivity index (χ4v) is 2.60. The van der Waals surface area contributed by atoms with E-state index in [0.29, 0.717) is 6.04 Å². The second-order valence-electron chi connectivity index (χ2n) is 5.11. The minimum atomic E-state index is 0.630. The summed E-state index contributed by atoms with van der Waals surface area (Å²) < 4.78 is 0. The van der Waals surface area contributed by atoms with Crippen molar-refractivity contribution in [3.63, 3.8) is 0 Å². The molecule has 0 aromatic rings. The van der Waals surface area contributed by atoms with Crippen molar-refractivity contribution in [2.24, 2.45) is 5.92 Å². The van der Waals surface area contributed by atoms with Crippen molar-refractivity contribution in [1.29, 1.82) is 0 Å². The van der Waals surface area contributed by atoms with E-state index in [-0.39, 0.29) is 0 Å². The molecule has 14 heavy (non-hydrogen) atoms. The molecular formula is C12H26N2. The zero-order chi connectivity index (χ0) is 10.6. The SMILES string of the molecule is CCC1CCC(NC(C)CN(C)C)C1. The fraction of sp³-hybridized carbons (Fsp3) is 1.00. The molecule has 0 amide bonds. The summed E-state index contributed by atoms with van der Waals surface area (Å²) in [6.45, 7) is 5.75. The Morgan fingerprint density at radius 1 is 1.36 bits per heavy atom. The molecule has 84 valence electrons. The van der Waals surface area contributed by atoms with Crippen LogP contribution in [-0.4, -0.2) is 37.6 Å². The second-order valence-corrected chi connectivity index (χ2v) is 5.11. The highest BCUT2D eigenvalue weighted by Crippen LogP contribution is 2.27. The standard InChI is InChI=1S/C12H26N2/c1-5-11-6-7-12(8-11)13-10(2)9-14(3)4/h10-13H,5-9H2,1-4H3. The molecule has 3 atom stereocenters. The van der Waals surface area contributed by atoms with Crippen LogP contribution in [0.1, 0.15) is 39.5 Å². The van der Waals surface area contributed by atoms with E-state index in [2.05, 4.69) is 38.2 Å². The summed E-state index contributed by atoms with van der Waals surface area (Å²) in [4.78, 5) is 2.25. The van der Waals surface area contributed by atoms with Gasteiger partial charge in [0.05, 0.1) is 0 Å². The van der Waals surface area contributed by atoms with E-state index in [1.54, 1.807) is 0 Å². The summed E-state index contributed by atoms with van der Waals surface area (Å²) >= 11 is 0. The Labute approximate surface area is 89.1 Å². The van der Waals surface area contributed by atoms with Gasteiger partial charge in [0, 0.05) is 18.6 Å². The molecule has 1 N–H and O–H groups in total. The van der Waals surface area contributed by atoms with Crippen LogP contribution >= 0.6 is 0 Å². The van der Waals surface area contributed by atoms with Crippen molar-refractivity contribution in [3.8, 4) is 0 Å². The van der Waals surface area contributed by atoms with Gasteiger partial charge in [0.25, 0.3) is 0 Å². The molecule has 1 fully saturated rings. The molecule has 0 aromatic carbocycles. The second kappa shape index (κ2) is 5.72. The summed E-state index contributed by atoms with van der Waals surface area (Å²) in [5, 5.41) is 3.73. The van der Waals surface area contributed by atoms with Crippen LogP contribution in [0.5, 0.6) is 0 Å². The van der Waals surface area contributed by atoms with Gasteiger partial charge in [-0.2, -0.15) is 0 Å². The highest BCUT2D eigenvalue weighted by atomic mass is 15.1. The smallest absolute Gasteiger partial charge is 0.0169 e. The van der Waals surface area contributed by atoms with Gasteiger partial charge in [-0.15, -0.1) is 0 Å². The summed E-state index contributed by atoms with van der Waals surface area (Å²) in [6.07, 6.45) is 5.58. The van der Waals surface area contributed by atoms with E-state index in [0.717, 1.165) is 18.5 Å². The van der Waals surface area contributed by atoms with E-state index in [1.165, 1.54) is 25.7 Å². The molecule has 1 saturated carbocycles. The predicted molar refractivity (Wildman–Crippen MR) is 62.6 cm³/mol. The fourth-order valence-electron chi connectivity index (χ4n) is 2.60. The molecule has 1 aliphatic carbocycles. The zero-order valence-electron chi connectivity index (χ0n) is 10.2. The summed E-state index contributed by atoms with van der Waals surface area (Å²) in [6, 6.07) is 1.42. The minimum Gasteiger partial charge on any atom is -0.310 e. The van der Waals surface area contributed by atoms with Gasteiger partial charge in [-0.05, 0) is 46.2 Å². The Morgan fingerprint density at radius 2 is 2.07 bits per heavy atom. The molecule has 2 nitrogen and oxygen atoms in total. The molecule has 3 unspecified atom stereocenters. The first kappa shape index (κ1) is 12.0. The number of likely N-dealkylation sites (N-methyl/N-ethyl adjacent to an activating group) is 1. The molecule has 0 bridgehead atoms. The van der Waals surface area contributed by atoms with E-state index in [9.17, 15) is 0 Å². The minimum absolute atomic E-state index is 0.630. The zero-order valence-corrected chi connectivity index (χ0v) is 10.2. The van der Waals surface area contributed by atoms with Crippen molar-refractivity contribution < 1.29 is 0 Å². The van der Waals surface area contributed by atoms with Crippen LogP contribution in [-0.2, 0) is 0 Å². The van der Waals surface area contributed by atoms with E-state index < -0.39 is 0 Å². The van der Waals surface area contributed by atoms with Crippen LogP contribution < -0.4 is 5.32 Å². The van der Waals surface area contributed by atoms with Gasteiger partial charge in [0.1, 0.15) is 0 Å². The lowest BCUT2D eigenvalue weighted by molar-refractivity contribution is 0.325. The third-order valence-electron chi connectivity index (χ3n) is 3.28. The molecule has 0 heterocycles. The summed E-state index contributed by atoms with van der Waals surface area (Å²) in [5.74, 6) is 0.985. The maximum Gasteiger partial charge on any atom is 0.0169 e. The Balaban J connectivity index is 2.18. The Morgan fingerprint density at radius 3 is 2.57 bits per heavy atom. The maximum absolute atomic E-state index is 3.73. The van der Waals surface area contributed by atoms with Crippen molar-refractivity contribution in [3.05, 3.63) is 0 Å². The quantitative estimate of drug-likeness (QED) is 0.728. The first-order chi connectivity index (χ1) is 6.61. The third-order valence-corrected chi connectivity index (χ3v) is 3.28. The molecular weight excluding hydrogens is 172 g/mol. The number of hydrogen-bond donors (Lipinski definition) is 1. The normalized spacial score (nSPS) is 29.8. The van der Waals surface area contributed by atoms with Gasteiger partial charge in [-0.25, -0.2) is 0 Å². The molecule has 1 rings (SSSR count). The molecule has 0 spiro atoms. The van der Waals surface area contributed by atoms with E-state index >= 15 is 0 Å². The molecule has 0 aliphatic heterocycles. The average molecular weight is 198 g/mol. The van der Waals surface area contributed by atoms with Gasteiger partial charge in [-0.1, -0.05) is 13.3 Å². The monoisotopic (exact) mass is 198 g/mol. The highest BCUT2D eigenvalue weighted by Gasteiger charge is 2.23. The highest BCUT2D eigenvalue weighted by molar-refractivity contribution is 4.82. The lowest BCUT2D eigenvalue weighted by Crippen LogP contribution is -2.41. The molecule has 0 saturated heterocycles. The largest absolute Gasteiger partial charge is 0.310 e. The molecule has 0 radical (unpaired) electrons. The van der Waals surface area contributed by atoms with Crippen LogP contribution in [0.4, 0.5) is 0 Å². The van der Waals surface area contributed by atoms with Crippen LogP contribution in [0.3, 0.4) is 0 Å². The maximum atomic E-state index is 3.73. The Kier molecular flexibility index (Phi) is 4.90.